The molecule has 0 unspecified atom stereocenters. The van der Waals surface area contributed by atoms with Crippen molar-refractivity contribution >= 4 is 67.9 Å². The lowest BCUT2D eigenvalue weighted by Gasteiger charge is -2.25. The summed E-state index contributed by atoms with van der Waals surface area (Å²) >= 11 is 12.9. The van der Waals surface area contributed by atoms with E-state index in [1.807, 2.05) is 115 Å². The highest BCUT2D eigenvalue weighted by molar-refractivity contribution is 6.31. The Kier molecular flexibility index (Phi) is 12.7. The Morgan fingerprint density at radius 1 is 0.544 bits per heavy atom. The highest BCUT2D eigenvalue weighted by Crippen LogP contribution is 2.31. The van der Waals surface area contributed by atoms with Crippen molar-refractivity contribution in [1.29, 1.82) is 0 Å². The van der Waals surface area contributed by atoms with Gasteiger partial charge in [0.1, 0.15) is 18.2 Å². The molecule has 0 bridgehead atoms. The minimum Gasteiger partial charge on any atom is -0.485 e. The van der Waals surface area contributed by atoms with Crippen LogP contribution in [0.1, 0.15) is 28.1 Å². The Labute approximate surface area is 401 Å². The Morgan fingerprint density at radius 3 is 1.76 bits per heavy atom. The lowest BCUT2D eigenvalue weighted by molar-refractivity contribution is -0.118. The van der Waals surface area contributed by atoms with Crippen molar-refractivity contribution in [2.45, 2.75) is 32.5 Å². The van der Waals surface area contributed by atoms with Crippen LogP contribution < -0.4 is 14.5 Å². The number of amides is 2. The molecule has 5 aromatic carbocycles. The molecular weight excluding hydrogens is 894 g/mol. The number of aromatic amines is 2. The summed E-state index contributed by atoms with van der Waals surface area (Å²) in [6, 6.07) is 38.5. The average Bonchev–Trinajstić information content (AvgIpc) is 4.09. The van der Waals surface area contributed by atoms with Gasteiger partial charge in [0, 0.05) is 69.9 Å². The number of H-pyrrole nitrogens is 2. The molecular formula is C54H41Cl2N9O3. The van der Waals surface area contributed by atoms with Crippen LogP contribution in [0.15, 0.2) is 177 Å². The van der Waals surface area contributed by atoms with Crippen LogP contribution in [0.4, 0.5) is 11.4 Å². The summed E-state index contributed by atoms with van der Waals surface area (Å²) in [6.07, 6.45) is 15.8. The van der Waals surface area contributed by atoms with Crippen LogP contribution in [0.5, 0.6) is 5.75 Å². The zero-order chi connectivity index (χ0) is 46.4. The molecule has 0 atom stereocenters. The number of nitrogens with one attached hydrogen (secondary N) is 2. The molecule has 0 aliphatic heterocycles. The van der Waals surface area contributed by atoms with Gasteiger partial charge in [0.15, 0.2) is 0 Å². The molecule has 14 heteroatoms. The molecule has 0 fully saturated rings. The summed E-state index contributed by atoms with van der Waals surface area (Å²) in [5.74, 6) is 0.913. The van der Waals surface area contributed by atoms with E-state index >= 15 is 0 Å². The van der Waals surface area contributed by atoms with Crippen molar-refractivity contribution in [3.63, 3.8) is 0 Å². The fourth-order valence-corrected chi connectivity index (χ4v) is 8.69. The topological polar surface area (TPSA) is 146 Å². The SMILES string of the molecule is O=C(Cc1cncc2ccccc12)N(Cc1cncc(Cl)c1)c1ccc(-c2cnc(COc3ccc(Cl)cc3CN(C(=O)Cc3cncc4ccccc34)c3ccc(-c4cnc[nH]4)cc3)[nH]2)cc1. The predicted molar refractivity (Wildman–Crippen MR) is 266 cm³/mol. The van der Waals surface area contributed by atoms with Crippen molar-refractivity contribution < 1.29 is 14.3 Å². The van der Waals surface area contributed by atoms with Gasteiger partial charge in [-0.25, -0.2) is 9.97 Å². The maximum absolute atomic E-state index is 14.5. The summed E-state index contributed by atoms with van der Waals surface area (Å²) < 4.78 is 6.43. The Bertz CT molecular complexity index is 3390. The highest BCUT2D eigenvalue weighted by atomic mass is 35.5. The molecule has 0 saturated carbocycles. The molecule has 0 radical (unpaired) electrons. The number of imidazole rings is 2. The molecule has 0 saturated heterocycles. The average molecular weight is 935 g/mol. The molecule has 2 N–H and O–H groups in total. The van der Waals surface area contributed by atoms with Gasteiger partial charge in [-0.1, -0.05) is 96.0 Å². The number of nitrogens with zero attached hydrogens (tertiary/aromatic N) is 7. The number of aromatic nitrogens is 7. The van der Waals surface area contributed by atoms with E-state index in [4.69, 9.17) is 27.9 Å². The van der Waals surface area contributed by atoms with Crippen LogP contribution in [0.25, 0.3) is 44.1 Å². The summed E-state index contributed by atoms with van der Waals surface area (Å²) in [6.45, 7) is 0.562. The number of rotatable bonds is 15. The number of anilines is 2. The number of hydrogen-bond donors (Lipinski definition) is 2. The number of carbonyl (C=O) groups excluding carboxylic acids is 2. The molecule has 10 rings (SSSR count). The van der Waals surface area contributed by atoms with Crippen LogP contribution in [-0.4, -0.2) is 46.7 Å². The van der Waals surface area contributed by atoms with Gasteiger partial charge in [0.05, 0.1) is 61.1 Å². The van der Waals surface area contributed by atoms with E-state index in [9.17, 15) is 9.59 Å². The minimum atomic E-state index is -0.124. The Balaban J connectivity index is 0.871. The molecule has 334 valence electrons. The van der Waals surface area contributed by atoms with Crippen LogP contribution >= 0.6 is 23.2 Å². The standard InChI is InChI=1S/C54H41Cl2N9O3/c55-43-13-18-51(42(20-43)32-65(46-14-9-36(10-15-46)49-29-60-34-62-49)54(67)22-41-27-59-25-39-6-2-4-8-48(39)41)68-33-52-61-30-50(63-52)37-11-16-45(17-12-37)64(31-35-19-44(56)28-57-23-35)53(66)21-40-26-58-24-38-5-1-3-7-47(38)40/h1-20,23-30,34H,21-22,31-33H2,(H,60,62)(H,61,63). The first kappa shape index (κ1) is 43.7. The van der Waals surface area contributed by atoms with E-state index in [0.29, 0.717) is 38.6 Å². The fraction of sp³-hybridized carbons (Fsp3) is 0.0926. The van der Waals surface area contributed by atoms with Gasteiger partial charge in [-0.05, 0) is 87.1 Å². The molecule has 0 spiro atoms. The first-order valence-electron chi connectivity index (χ1n) is 21.8. The quantitative estimate of drug-likeness (QED) is 0.103. The van der Waals surface area contributed by atoms with E-state index < -0.39 is 0 Å². The van der Waals surface area contributed by atoms with E-state index in [2.05, 4.69) is 34.9 Å². The van der Waals surface area contributed by atoms with Crippen molar-refractivity contribution in [3.8, 4) is 28.3 Å². The predicted octanol–water partition coefficient (Wildman–Crippen LogP) is 11.4. The second-order valence-corrected chi connectivity index (χ2v) is 17.1. The third-order valence-electron chi connectivity index (χ3n) is 11.7. The zero-order valence-corrected chi connectivity index (χ0v) is 37.9. The zero-order valence-electron chi connectivity index (χ0n) is 36.4. The monoisotopic (exact) mass is 933 g/mol. The smallest absolute Gasteiger partial charge is 0.231 e. The van der Waals surface area contributed by atoms with Crippen molar-refractivity contribution in [1.82, 2.24) is 34.9 Å². The molecule has 12 nitrogen and oxygen atoms in total. The minimum absolute atomic E-state index is 0.101. The fourth-order valence-electron chi connectivity index (χ4n) is 8.30. The Morgan fingerprint density at radius 2 is 1.15 bits per heavy atom. The summed E-state index contributed by atoms with van der Waals surface area (Å²) in [5, 5.41) is 4.89. The van der Waals surface area contributed by atoms with Crippen LogP contribution in [0.3, 0.4) is 0 Å². The molecule has 5 aromatic heterocycles. The maximum Gasteiger partial charge on any atom is 0.231 e. The first-order chi connectivity index (χ1) is 33.3. The number of benzene rings is 5. The van der Waals surface area contributed by atoms with Crippen LogP contribution in [0, 0.1) is 0 Å². The third kappa shape index (κ3) is 9.82. The van der Waals surface area contributed by atoms with Crippen LogP contribution in [0.2, 0.25) is 10.0 Å². The summed E-state index contributed by atoms with van der Waals surface area (Å²) in [5.41, 5.74) is 8.03. The molecule has 5 heterocycles. The summed E-state index contributed by atoms with van der Waals surface area (Å²) in [7, 11) is 0. The molecule has 0 aliphatic carbocycles. The van der Waals surface area contributed by atoms with Gasteiger partial charge >= 0.3 is 0 Å². The van der Waals surface area contributed by atoms with Gasteiger partial charge in [0.2, 0.25) is 11.8 Å². The van der Waals surface area contributed by atoms with Gasteiger partial charge in [-0.15, -0.1) is 0 Å². The van der Waals surface area contributed by atoms with Crippen molar-refractivity contribution in [2.75, 3.05) is 9.80 Å². The number of ether oxygens (including phenoxy) is 1. The van der Waals surface area contributed by atoms with Gasteiger partial charge < -0.3 is 24.5 Å². The van der Waals surface area contributed by atoms with E-state index in [0.717, 1.165) is 60.8 Å². The second kappa shape index (κ2) is 19.7. The van der Waals surface area contributed by atoms with Gasteiger partial charge in [-0.2, -0.15) is 0 Å². The van der Waals surface area contributed by atoms with E-state index in [1.165, 1.54) is 0 Å². The number of fused-ring (bicyclic) bond motifs is 2. The second-order valence-electron chi connectivity index (χ2n) is 16.2. The normalized spacial score (nSPS) is 11.2. The lowest BCUT2D eigenvalue weighted by atomic mass is 10.0. The van der Waals surface area contributed by atoms with Gasteiger partial charge in [-0.3, -0.25) is 24.5 Å². The number of hydrogen-bond acceptors (Lipinski definition) is 8. The van der Waals surface area contributed by atoms with Crippen molar-refractivity contribution in [3.05, 3.63) is 215 Å². The third-order valence-corrected chi connectivity index (χ3v) is 12.2. The van der Waals surface area contributed by atoms with Crippen molar-refractivity contribution in [2.24, 2.45) is 0 Å². The molecule has 10 aromatic rings. The maximum atomic E-state index is 14.5. The van der Waals surface area contributed by atoms with E-state index in [1.54, 1.807) is 71.8 Å². The lowest BCUT2D eigenvalue weighted by Crippen LogP contribution is -2.32. The highest BCUT2D eigenvalue weighted by Gasteiger charge is 2.22. The number of pyridine rings is 3. The Hall–Kier alpha value is -8.19. The van der Waals surface area contributed by atoms with Crippen LogP contribution in [-0.2, 0) is 42.1 Å². The molecule has 2 amide bonds. The number of halogens is 2. The molecule has 68 heavy (non-hydrogen) atoms. The summed E-state index contributed by atoms with van der Waals surface area (Å²) in [4.78, 5) is 60.5. The molecule has 0 aliphatic rings. The number of carbonyl (C=O) groups is 2. The largest absolute Gasteiger partial charge is 0.485 e. The van der Waals surface area contributed by atoms with Gasteiger partial charge in [0.25, 0.3) is 0 Å². The first-order valence-corrected chi connectivity index (χ1v) is 22.5. The van der Waals surface area contributed by atoms with E-state index in [-0.39, 0.29) is 44.4 Å².